The van der Waals surface area contributed by atoms with Gasteiger partial charge in [-0.15, -0.1) is 0 Å². The molecule has 0 saturated carbocycles. The van der Waals surface area contributed by atoms with Gasteiger partial charge in [-0.3, -0.25) is 5.10 Å². The third kappa shape index (κ3) is 4.04. The second-order valence-electron chi connectivity index (χ2n) is 5.45. The van der Waals surface area contributed by atoms with Gasteiger partial charge in [0.05, 0.1) is 4.90 Å². The fourth-order valence-electron chi connectivity index (χ4n) is 2.32. The first-order valence-corrected chi connectivity index (χ1v) is 9.13. The normalized spacial score (nSPS) is 11.5. The van der Waals surface area contributed by atoms with Crippen molar-refractivity contribution in [1.82, 2.24) is 15.2 Å². The van der Waals surface area contributed by atoms with Crippen molar-refractivity contribution in [3.8, 4) is 0 Å². The molecule has 0 aliphatic carbocycles. The molecule has 0 aliphatic heterocycles. The summed E-state index contributed by atoms with van der Waals surface area (Å²) in [6.07, 6.45) is 2.48. The molecule has 5 nitrogen and oxygen atoms in total. The van der Waals surface area contributed by atoms with Crippen LogP contribution in [0.5, 0.6) is 0 Å². The van der Waals surface area contributed by atoms with Gasteiger partial charge in [0.25, 0.3) is 0 Å². The van der Waals surface area contributed by atoms with Crippen LogP contribution in [-0.2, 0) is 22.7 Å². The number of rotatable bonds is 5. The first-order valence-electron chi connectivity index (χ1n) is 7.24. The smallest absolute Gasteiger partial charge is 0.175 e. The summed E-state index contributed by atoms with van der Waals surface area (Å²) in [4.78, 5) is 4.81. The Bertz CT molecular complexity index is 885. The summed E-state index contributed by atoms with van der Waals surface area (Å²) in [5.41, 5.74) is 2.15. The minimum absolute atomic E-state index is 0.320. The zero-order chi connectivity index (χ0) is 16.3. The predicted octanol–water partition coefficient (Wildman–Crippen LogP) is 2.39. The monoisotopic (exact) mass is 327 g/mol. The zero-order valence-corrected chi connectivity index (χ0v) is 13.5. The first kappa shape index (κ1) is 15.4. The van der Waals surface area contributed by atoms with Crippen LogP contribution in [0.15, 0.2) is 59.5 Å². The number of hydrogen-bond acceptors (Lipinski definition) is 4. The van der Waals surface area contributed by atoms with Crippen molar-refractivity contribution in [2.24, 2.45) is 0 Å². The molecular formula is C17H17N3O2S. The lowest BCUT2D eigenvalue weighted by Crippen LogP contribution is -1.98. The molecule has 0 bridgehead atoms. The van der Waals surface area contributed by atoms with E-state index in [2.05, 4.69) is 15.2 Å². The molecule has 0 spiro atoms. The van der Waals surface area contributed by atoms with E-state index < -0.39 is 9.84 Å². The number of H-pyrrole nitrogens is 1. The number of benzene rings is 2. The summed E-state index contributed by atoms with van der Waals surface area (Å²) < 4.78 is 22.9. The number of aromatic amines is 1. The number of nitrogens with zero attached hydrogens (tertiary/aromatic N) is 2. The Labute approximate surface area is 135 Å². The van der Waals surface area contributed by atoms with Crippen LogP contribution in [0.1, 0.15) is 22.8 Å². The Morgan fingerprint density at radius 1 is 0.913 bits per heavy atom. The molecule has 6 heteroatoms. The van der Waals surface area contributed by atoms with Gasteiger partial charge in [-0.1, -0.05) is 42.5 Å². The van der Waals surface area contributed by atoms with Crippen LogP contribution in [-0.4, -0.2) is 29.9 Å². The molecule has 0 aliphatic rings. The highest BCUT2D eigenvalue weighted by atomic mass is 32.2. The molecule has 0 fully saturated rings. The second kappa shape index (κ2) is 6.34. The van der Waals surface area contributed by atoms with E-state index in [-0.39, 0.29) is 0 Å². The van der Waals surface area contributed by atoms with Crippen molar-refractivity contribution < 1.29 is 8.42 Å². The maximum absolute atomic E-state index is 11.4. The van der Waals surface area contributed by atoms with Crippen molar-refractivity contribution in [3.05, 3.63) is 77.4 Å². The SMILES string of the molecule is CS(=O)(=O)c1ccc(Cc2n[nH]c(Cc3ccccc3)n2)cc1. The van der Waals surface area contributed by atoms with E-state index in [1.165, 1.54) is 11.8 Å². The summed E-state index contributed by atoms with van der Waals surface area (Å²) in [6, 6.07) is 16.9. The third-order valence-electron chi connectivity index (χ3n) is 3.51. The Kier molecular flexibility index (Phi) is 4.25. The first-order chi connectivity index (χ1) is 11.0. The van der Waals surface area contributed by atoms with Crippen molar-refractivity contribution in [1.29, 1.82) is 0 Å². The highest BCUT2D eigenvalue weighted by Gasteiger charge is 2.08. The number of hydrogen-bond donors (Lipinski definition) is 1. The van der Waals surface area contributed by atoms with Crippen molar-refractivity contribution in [3.63, 3.8) is 0 Å². The van der Waals surface area contributed by atoms with E-state index in [1.807, 2.05) is 30.3 Å². The van der Waals surface area contributed by atoms with E-state index >= 15 is 0 Å². The zero-order valence-electron chi connectivity index (χ0n) is 12.7. The molecule has 118 valence electrons. The number of sulfone groups is 1. The van der Waals surface area contributed by atoms with Gasteiger partial charge >= 0.3 is 0 Å². The Morgan fingerprint density at radius 3 is 2.22 bits per heavy atom. The molecule has 0 radical (unpaired) electrons. The molecule has 0 unspecified atom stereocenters. The molecule has 1 heterocycles. The van der Waals surface area contributed by atoms with Gasteiger partial charge in [0, 0.05) is 19.1 Å². The van der Waals surface area contributed by atoms with E-state index in [9.17, 15) is 8.42 Å². The molecule has 0 atom stereocenters. The topological polar surface area (TPSA) is 75.7 Å². The highest BCUT2D eigenvalue weighted by Crippen LogP contribution is 2.13. The van der Waals surface area contributed by atoms with Crippen LogP contribution in [0.4, 0.5) is 0 Å². The predicted molar refractivity (Wildman–Crippen MR) is 88.0 cm³/mol. The lowest BCUT2D eigenvalue weighted by Gasteiger charge is -2.00. The minimum Gasteiger partial charge on any atom is -0.263 e. The quantitative estimate of drug-likeness (QED) is 0.781. The van der Waals surface area contributed by atoms with Crippen molar-refractivity contribution in [2.75, 3.05) is 6.26 Å². The average molecular weight is 327 g/mol. The fourth-order valence-corrected chi connectivity index (χ4v) is 2.95. The Morgan fingerprint density at radius 2 is 1.57 bits per heavy atom. The molecule has 1 aromatic heterocycles. The number of aromatic nitrogens is 3. The standard InChI is InChI=1S/C17H17N3O2S/c1-23(21,22)15-9-7-14(8-10-15)12-17-18-16(19-20-17)11-13-5-3-2-4-6-13/h2-10H,11-12H2,1H3,(H,18,19,20). The van der Waals surface area contributed by atoms with Crippen LogP contribution in [0.2, 0.25) is 0 Å². The lowest BCUT2D eigenvalue weighted by molar-refractivity contribution is 0.602. The fraction of sp³-hybridized carbons (Fsp3) is 0.176. The van der Waals surface area contributed by atoms with E-state index in [1.54, 1.807) is 24.3 Å². The maximum atomic E-state index is 11.4. The summed E-state index contributed by atoms with van der Waals surface area (Å²) in [7, 11) is -3.16. The third-order valence-corrected chi connectivity index (χ3v) is 4.63. The van der Waals surface area contributed by atoms with E-state index in [0.29, 0.717) is 23.6 Å². The average Bonchev–Trinajstić information content (AvgIpc) is 2.95. The van der Waals surface area contributed by atoms with Gasteiger partial charge in [-0.25, -0.2) is 13.4 Å². The molecule has 0 saturated heterocycles. The molecule has 0 amide bonds. The van der Waals surface area contributed by atoms with Crippen LogP contribution >= 0.6 is 0 Å². The van der Waals surface area contributed by atoms with Crippen LogP contribution in [0, 0.1) is 0 Å². The van der Waals surface area contributed by atoms with Gasteiger partial charge in [-0.2, -0.15) is 5.10 Å². The van der Waals surface area contributed by atoms with E-state index in [4.69, 9.17) is 0 Å². The highest BCUT2D eigenvalue weighted by molar-refractivity contribution is 7.90. The molecule has 23 heavy (non-hydrogen) atoms. The largest absolute Gasteiger partial charge is 0.263 e. The molecule has 3 rings (SSSR count). The van der Waals surface area contributed by atoms with Gasteiger partial charge in [-0.05, 0) is 23.3 Å². The van der Waals surface area contributed by atoms with Gasteiger partial charge in [0.2, 0.25) is 0 Å². The van der Waals surface area contributed by atoms with Crippen molar-refractivity contribution in [2.45, 2.75) is 17.7 Å². The summed E-state index contributed by atoms with van der Waals surface area (Å²) >= 11 is 0. The maximum Gasteiger partial charge on any atom is 0.175 e. The Hall–Kier alpha value is -2.47. The summed E-state index contributed by atoms with van der Waals surface area (Å²) in [6.45, 7) is 0. The molecule has 1 N–H and O–H groups in total. The van der Waals surface area contributed by atoms with Crippen LogP contribution < -0.4 is 0 Å². The molecule has 2 aromatic carbocycles. The van der Waals surface area contributed by atoms with Crippen LogP contribution in [0.3, 0.4) is 0 Å². The molecule has 3 aromatic rings. The van der Waals surface area contributed by atoms with E-state index in [0.717, 1.165) is 11.4 Å². The van der Waals surface area contributed by atoms with Gasteiger partial charge in [0.1, 0.15) is 5.82 Å². The van der Waals surface area contributed by atoms with Gasteiger partial charge < -0.3 is 0 Å². The minimum atomic E-state index is -3.16. The number of nitrogens with one attached hydrogen (secondary N) is 1. The second-order valence-corrected chi connectivity index (χ2v) is 7.47. The summed E-state index contributed by atoms with van der Waals surface area (Å²) in [5, 5.41) is 7.18. The van der Waals surface area contributed by atoms with Crippen LogP contribution in [0.25, 0.3) is 0 Å². The lowest BCUT2D eigenvalue weighted by atomic mass is 10.1. The Balaban J connectivity index is 1.69. The molecular weight excluding hydrogens is 310 g/mol. The summed E-state index contributed by atoms with van der Waals surface area (Å²) in [5.74, 6) is 1.52. The van der Waals surface area contributed by atoms with Crippen molar-refractivity contribution >= 4 is 9.84 Å². The van der Waals surface area contributed by atoms with Gasteiger partial charge in [0.15, 0.2) is 15.7 Å².